The van der Waals surface area contributed by atoms with E-state index < -0.39 is 17.6 Å². The molecule has 2 aromatic rings. The van der Waals surface area contributed by atoms with Crippen LogP contribution in [0.25, 0.3) is 11.1 Å². The summed E-state index contributed by atoms with van der Waals surface area (Å²) in [6, 6.07) is 16.3. The molecule has 1 amide bonds. The summed E-state index contributed by atoms with van der Waals surface area (Å²) in [6.45, 7) is 2.32. The molecule has 1 atom stereocenters. The topological polar surface area (TPSA) is 78.9 Å². The molecule has 1 saturated heterocycles. The highest BCUT2D eigenvalue weighted by molar-refractivity contribution is 5.80. The van der Waals surface area contributed by atoms with E-state index in [1.165, 1.54) is 16.1 Å². The highest BCUT2D eigenvalue weighted by atomic mass is 16.6. The first kappa shape index (κ1) is 17.5. The molecule has 0 bridgehead atoms. The monoisotopic (exact) mass is 366 g/mol. The summed E-state index contributed by atoms with van der Waals surface area (Å²) in [4.78, 5) is 23.8. The van der Waals surface area contributed by atoms with Gasteiger partial charge >= 0.3 is 12.1 Å². The van der Waals surface area contributed by atoms with Gasteiger partial charge in [-0.05, 0) is 42.0 Å². The number of rotatable bonds is 4. The summed E-state index contributed by atoms with van der Waals surface area (Å²) in [5.41, 5.74) is 6.14. The largest absolute Gasteiger partial charge is 0.480 e. The van der Waals surface area contributed by atoms with Crippen LogP contribution in [0.3, 0.4) is 0 Å². The molecule has 2 aromatic carbocycles. The van der Waals surface area contributed by atoms with Gasteiger partial charge in [-0.25, -0.2) is 9.80 Å². The molecule has 1 heterocycles. The van der Waals surface area contributed by atoms with E-state index in [-0.39, 0.29) is 12.5 Å². The van der Waals surface area contributed by atoms with E-state index in [1.54, 1.807) is 6.92 Å². The maximum Gasteiger partial charge on any atom is 0.421 e. The Balaban J connectivity index is 1.46. The van der Waals surface area contributed by atoms with E-state index >= 15 is 0 Å². The number of carbonyl (C=O) groups excluding carboxylic acids is 1. The number of fused-ring (bicyclic) bond motifs is 3. The number of ether oxygens (including phenoxy) is 1. The summed E-state index contributed by atoms with van der Waals surface area (Å²) >= 11 is 0. The Morgan fingerprint density at radius 1 is 1.15 bits per heavy atom. The lowest BCUT2D eigenvalue weighted by Gasteiger charge is -2.30. The van der Waals surface area contributed by atoms with E-state index in [0.717, 1.165) is 11.1 Å². The Labute approximate surface area is 157 Å². The lowest BCUT2D eigenvalue weighted by Crippen LogP contribution is -2.56. The third-order valence-corrected chi connectivity index (χ3v) is 5.67. The number of amides is 1. The molecule has 0 aromatic heterocycles. The zero-order valence-corrected chi connectivity index (χ0v) is 15.1. The van der Waals surface area contributed by atoms with Gasteiger partial charge in [-0.15, -0.1) is 0 Å². The van der Waals surface area contributed by atoms with E-state index in [4.69, 9.17) is 4.74 Å². The molecule has 4 rings (SSSR count). The number of hydrazine groups is 1. The van der Waals surface area contributed by atoms with Crippen LogP contribution in [0.1, 0.15) is 36.8 Å². The molecule has 0 radical (unpaired) electrons. The van der Waals surface area contributed by atoms with Gasteiger partial charge in [0.1, 0.15) is 12.1 Å². The van der Waals surface area contributed by atoms with Crippen molar-refractivity contribution in [1.82, 2.24) is 10.4 Å². The van der Waals surface area contributed by atoms with Gasteiger partial charge in [0.05, 0.1) is 0 Å². The number of carboxylic acids is 1. The fraction of sp³-hybridized carbons (Fsp3) is 0.333. The number of hydrogen-bond donors (Lipinski definition) is 2. The van der Waals surface area contributed by atoms with Gasteiger partial charge in [0, 0.05) is 12.5 Å². The van der Waals surface area contributed by atoms with Crippen LogP contribution in [0.4, 0.5) is 4.79 Å². The first-order valence-corrected chi connectivity index (χ1v) is 9.13. The second-order valence-corrected chi connectivity index (χ2v) is 7.27. The molecule has 27 heavy (non-hydrogen) atoms. The van der Waals surface area contributed by atoms with E-state index in [0.29, 0.717) is 19.4 Å². The fourth-order valence-corrected chi connectivity index (χ4v) is 4.11. The number of nitrogens with zero attached hydrogens (tertiary/aromatic N) is 1. The van der Waals surface area contributed by atoms with Crippen molar-refractivity contribution in [3.05, 3.63) is 59.7 Å². The van der Waals surface area contributed by atoms with Gasteiger partial charge in [-0.1, -0.05) is 48.5 Å². The number of benzene rings is 2. The summed E-state index contributed by atoms with van der Waals surface area (Å²) < 4.78 is 5.49. The molecule has 1 fully saturated rings. The molecule has 1 unspecified atom stereocenters. The summed E-state index contributed by atoms with van der Waals surface area (Å²) in [7, 11) is 0. The van der Waals surface area contributed by atoms with Gasteiger partial charge in [0.2, 0.25) is 0 Å². The molecule has 140 valence electrons. The van der Waals surface area contributed by atoms with Crippen molar-refractivity contribution >= 4 is 12.1 Å². The van der Waals surface area contributed by atoms with Gasteiger partial charge in [0.15, 0.2) is 0 Å². The van der Waals surface area contributed by atoms with Crippen molar-refractivity contribution in [2.45, 2.75) is 31.2 Å². The molecule has 0 saturated carbocycles. The average Bonchev–Trinajstić information content (AvgIpc) is 3.19. The lowest BCUT2D eigenvalue weighted by molar-refractivity contribution is -0.150. The second-order valence-electron chi connectivity index (χ2n) is 7.27. The first-order chi connectivity index (χ1) is 13.0. The van der Waals surface area contributed by atoms with Crippen LogP contribution in [0.15, 0.2) is 48.5 Å². The predicted octanol–water partition coefficient (Wildman–Crippen LogP) is 3.38. The van der Waals surface area contributed by atoms with Gasteiger partial charge in [-0.3, -0.25) is 10.2 Å². The summed E-state index contributed by atoms with van der Waals surface area (Å²) in [6.07, 6.45) is 0.588. The minimum Gasteiger partial charge on any atom is -0.480 e. The standard InChI is InChI=1S/C21H22N2O4/c1-21(19(24)25)11-6-12-23(21)22-20(26)27-13-18-16-9-4-2-7-14(16)15-8-3-5-10-17(15)18/h2-5,7-10,18H,6,11-13H2,1H3,(H,22,26)(H,24,25). The smallest absolute Gasteiger partial charge is 0.421 e. The lowest BCUT2D eigenvalue weighted by atomic mass is 9.98. The molecular weight excluding hydrogens is 344 g/mol. The number of aliphatic carboxylic acids is 1. The predicted molar refractivity (Wildman–Crippen MR) is 100 cm³/mol. The van der Waals surface area contributed by atoms with Crippen molar-refractivity contribution in [3.8, 4) is 11.1 Å². The van der Waals surface area contributed by atoms with Crippen molar-refractivity contribution in [1.29, 1.82) is 0 Å². The Hall–Kier alpha value is -2.86. The zero-order valence-electron chi connectivity index (χ0n) is 15.1. The Morgan fingerprint density at radius 3 is 2.33 bits per heavy atom. The van der Waals surface area contributed by atoms with Crippen molar-refractivity contribution in [3.63, 3.8) is 0 Å². The molecule has 1 aliphatic heterocycles. The van der Waals surface area contributed by atoms with Gasteiger partial charge in [-0.2, -0.15) is 0 Å². The Bertz CT molecular complexity index is 852. The SMILES string of the molecule is CC1(C(=O)O)CCCN1NC(=O)OCC1c2ccccc2-c2ccccc21. The Kier molecular flexibility index (Phi) is 4.36. The molecule has 6 heteroatoms. The molecule has 2 N–H and O–H groups in total. The minimum absolute atomic E-state index is 0.0208. The van der Waals surface area contributed by atoms with Crippen molar-refractivity contribution in [2.24, 2.45) is 0 Å². The van der Waals surface area contributed by atoms with Crippen LogP contribution in [0.2, 0.25) is 0 Å². The van der Waals surface area contributed by atoms with Crippen LogP contribution in [0.5, 0.6) is 0 Å². The van der Waals surface area contributed by atoms with Crippen molar-refractivity contribution in [2.75, 3.05) is 13.2 Å². The number of nitrogens with one attached hydrogen (secondary N) is 1. The summed E-state index contributed by atoms with van der Waals surface area (Å²) in [5, 5.41) is 10.9. The van der Waals surface area contributed by atoms with Crippen molar-refractivity contribution < 1.29 is 19.4 Å². The molecule has 6 nitrogen and oxygen atoms in total. The van der Waals surface area contributed by atoms with Crippen LogP contribution in [-0.2, 0) is 9.53 Å². The summed E-state index contributed by atoms with van der Waals surface area (Å²) in [5.74, 6) is -0.966. The minimum atomic E-state index is -1.09. The normalized spacial score (nSPS) is 21.5. The zero-order chi connectivity index (χ0) is 19.0. The van der Waals surface area contributed by atoms with E-state index in [9.17, 15) is 14.7 Å². The first-order valence-electron chi connectivity index (χ1n) is 9.13. The van der Waals surface area contributed by atoms with Gasteiger partial charge in [0.25, 0.3) is 0 Å². The van der Waals surface area contributed by atoms with Crippen LogP contribution < -0.4 is 5.43 Å². The fourth-order valence-electron chi connectivity index (χ4n) is 4.11. The van der Waals surface area contributed by atoms with Crippen LogP contribution in [-0.4, -0.2) is 40.9 Å². The second kappa shape index (κ2) is 6.70. The highest BCUT2D eigenvalue weighted by Gasteiger charge is 2.44. The average molecular weight is 366 g/mol. The third kappa shape index (κ3) is 2.96. The van der Waals surface area contributed by atoms with E-state index in [1.807, 2.05) is 24.3 Å². The molecule has 0 spiro atoms. The number of hydrogen-bond acceptors (Lipinski definition) is 4. The van der Waals surface area contributed by atoms with Gasteiger partial charge < -0.3 is 9.84 Å². The van der Waals surface area contributed by atoms with E-state index in [2.05, 4.69) is 29.7 Å². The van der Waals surface area contributed by atoms with Crippen LogP contribution in [0, 0.1) is 0 Å². The number of carboxylic acid groups (broad SMARTS) is 1. The maximum absolute atomic E-state index is 12.3. The highest BCUT2D eigenvalue weighted by Crippen LogP contribution is 2.44. The molecule has 2 aliphatic rings. The third-order valence-electron chi connectivity index (χ3n) is 5.67. The Morgan fingerprint density at radius 2 is 1.74 bits per heavy atom. The maximum atomic E-state index is 12.3. The van der Waals surface area contributed by atoms with Crippen LogP contribution >= 0.6 is 0 Å². The quantitative estimate of drug-likeness (QED) is 0.867. The molecular formula is C21H22N2O4. The number of carbonyl (C=O) groups is 2. The molecule has 1 aliphatic carbocycles.